The first-order chi connectivity index (χ1) is 11.4. The predicted molar refractivity (Wildman–Crippen MR) is 90.7 cm³/mol. The average Bonchev–Trinajstić information content (AvgIpc) is 2.93. The van der Waals surface area contributed by atoms with Gasteiger partial charge >= 0.3 is 5.97 Å². The Hall–Kier alpha value is -2.37. The molecule has 1 aromatic carbocycles. The lowest BCUT2D eigenvalue weighted by atomic mass is 10.1. The maximum Gasteiger partial charge on any atom is 0.303 e. The molecule has 130 valence electrons. The number of benzene rings is 1. The van der Waals surface area contributed by atoms with Crippen molar-refractivity contribution in [2.75, 3.05) is 18.0 Å². The number of carboxylic acids is 1. The van der Waals surface area contributed by atoms with Gasteiger partial charge in [-0.05, 0) is 24.0 Å². The second kappa shape index (κ2) is 7.95. The largest absolute Gasteiger partial charge is 0.481 e. The standard InChI is InChI=1S/C18H24N2O4/c1-3-13-6-4-5-7-15(13)20-11-14(9-16(20)21)18(24)19-10-12(2)8-17(22)23/h4-7,12,14H,3,8-11H2,1-2H3,(H,19,24)(H,22,23). The normalized spacial score (nSPS) is 18.5. The molecule has 1 aromatic rings. The van der Waals surface area contributed by atoms with Crippen LogP contribution in [0.25, 0.3) is 0 Å². The van der Waals surface area contributed by atoms with Crippen LogP contribution in [-0.2, 0) is 20.8 Å². The molecule has 6 heteroatoms. The fraction of sp³-hybridized carbons (Fsp3) is 0.500. The number of carbonyl (C=O) groups excluding carboxylic acids is 2. The zero-order chi connectivity index (χ0) is 17.7. The van der Waals surface area contributed by atoms with Crippen molar-refractivity contribution in [1.82, 2.24) is 5.32 Å². The van der Waals surface area contributed by atoms with Gasteiger partial charge in [0, 0.05) is 31.6 Å². The number of para-hydroxylation sites is 1. The molecule has 24 heavy (non-hydrogen) atoms. The maximum atomic E-state index is 12.3. The number of carbonyl (C=O) groups is 3. The smallest absolute Gasteiger partial charge is 0.303 e. The van der Waals surface area contributed by atoms with E-state index in [0.29, 0.717) is 13.1 Å². The lowest BCUT2D eigenvalue weighted by molar-refractivity contribution is -0.138. The number of anilines is 1. The number of nitrogens with zero attached hydrogens (tertiary/aromatic N) is 1. The van der Waals surface area contributed by atoms with Crippen molar-refractivity contribution in [1.29, 1.82) is 0 Å². The van der Waals surface area contributed by atoms with E-state index in [1.54, 1.807) is 11.8 Å². The Bertz CT molecular complexity index is 629. The van der Waals surface area contributed by atoms with Crippen LogP contribution in [0.3, 0.4) is 0 Å². The lowest BCUT2D eigenvalue weighted by Crippen LogP contribution is -2.36. The summed E-state index contributed by atoms with van der Waals surface area (Å²) >= 11 is 0. The van der Waals surface area contributed by atoms with Crippen molar-refractivity contribution in [2.24, 2.45) is 11.8 Å². The third-order valence-electron chi connectivity index (χ3n) is 4.31. The number of amides is 2. The Morgan fingerprint density at radius 3 is 2.75 bits per heavy atom. The Balaban J connectivity index is 1.96. The van der Waals surface area contributed by atoms with Crippen molar-refractivity contribution in [3.05, 3.63) is 29.8 Å². The fourth-order valence-electron chi connectivity index (χ4n) is 2.98. The van der Waals surface area contributed by atoms with Crippen LogP contribution in [0.1, 0.15) is 32.3 Å². The van der Waals surface area contributed by atoms with E-state index in [4.69, 9.17) is 5.11 Å². The molecule has 1 aliphatic heterocycles. The summed E-state index contributed by atoms with van der Waals surface area (Å²) in [7, 11) is 0. The molecule has 1 heterocycles. The minimum absolute atomic E-state index is 0.0138. The summed E-state index contributed by atoms with van der Waals surface area (Å²) in [5.74, 6) is -1.64. The zero-order valence-corrected chi connectivity index (χ0v) is 14.1. The van der Waals surface area contributed by atoms with E-state index in [2.05, 4.69) is 5.32 Å². The number of hydrogen-bond donors (Lipinski definition) is 2. The Labute approximate surface area is 141 Å². The average molecular weight is 332 g/mol. The van der Waals surface area contributed by atoms with Gasteiger partial charge in [-0.15, -0.1) is 0 Å². The molecule has 2 rings (SSSR count). The molecule has 2 atom stereocenters. The van der Waals surface area contributed by atoms with E-state index in [9.17, 15) is 14.4 Å². The molecule has 2 unspecified atom stereocenters. The molecule has 6 nitrogen and oxygen atoms in total. The van der Waals surface area contributed by atoms with E-state index in [-0.39, 0.29) is 36.5 Å². The van der Waals surface area contributed by atoms with Crippen LogP contribution in [0, 0.1) is 11.8 Å². The van der Waals surface area contributed by atoms with Crippen molar-refractivity contribution < 1.29 is 19.5 Å². The van der Waals surface area contributed by atoms with Crippen molar-refractivity contribution in [3.63, 3.8) is 0 Å². The third kappa shape index (κ3) is 4.34. The molecule has 0 saturated carbocycles. The highest BCUT2D eigenvalue weighted by atomic mass is 16.4. The highest BCUT2D eigenvalue weighted by Crippen LogP contribution is 2.28. The molecule has 2 N–H and O–H groups in total. The van der Waals surface area contributed by atoms with Crippen LogP contribution in [0.2, 0.25) is 0 Å². The summed E-state index contributed by atoms with van der Waals surface area (Å²) in [6.45, 7) is 4.49. The molecular weight excluding hydrogens is 308 g/mol. The quantitative estimate of drug-likeness (QED) is 0.797. The molecule has 0 bridgehead atoms. The Morgan fingerprint density at radius 1 is 1.38 bits per heavy atom. The van der Waals surface area contributed by atoms with Gasteiger partial charge in [0.2, 0.25) is 11.8 Å². The third-order valence-corrected chi connectivity index (χ3v) is 4.31. The number of aryl methyl sites for hydroxylation is 1. The fourth-order valence-corrected chi connectivity index (χ4v) is 2.98. The number of aliphatic carboxylic acids is 1. The number of hydrogen-bond acceptors (Lipinski definition) is 3. The number of rotatable bonds is 7. The van der Waals surface area contributed by atoms with Crippen LogP contribution in [-0.4, -0.2) is 36.0 Å². The summed E-state index contributed by atoms with van der Waals surface area (Å²) in [4.78, 5) is 36.9. The SMILES string of the molecule is CCc1ccccc1N1CC(C(=O)NCC(C)CC(=O)O)CC1=O. The van der Waals surface area contributed by atoms with Gasteiger partial charge in [-0.25, -0.2) is 0 Å². The Morgan fingerprint density at radius 2 is 2.08 bits per heavy atom. The van der Waals surface area contributed by atoms with E-state index >= 15 is 0 Å². The highest BCUT2D eigenvalue weighted by Gasteiger charge is 2.35. The van der Waals surface area contributed by atoms with E-state index in [1.807, 2.05) is 31.2 Å². The van der Waals surface area contributed by atoms with E-state index < -0.39 is 5.97 Å². The molecule has 1 saturated heterocycles. The molecule has 1 fully saturated rings. The van der Waals surface area contributed by atoms with Gasteiger partial charge in [0.15, 0.2) is 0 Å². The summed E-state index contributed by atoms with van der Waals surface area (Å²) < 4.78 is 0. The zero-order valence-electron chi connectivity index (χ0n) is 14.1. The van der Waals surface area contributed by atoms with Crippen molar-refractivity contribution in [3.8, 4) is 0 Å². The lowest BCUT2D eigenvalue weighted by Gasteiger charge is -2.20. The first-order valence-corrected chi connectivity index (χ1v) is 8.30. The molecular formula is C18H24N2O4. The van der Waals surface area contributed by atoms with Gasteiger partial charge < -0.3 is 15.3 Å². The minimum atomic E-state index is -0.879. The monoisotopic (exact) mass is 332 g/mol. The summed E-state index contributed by atoms with van der Waals surface area (Å²) in [5, 5.41) is 11.5. The van der Waals surface area contributed by atoms with Crippen LogP contribution < -0.4 is 10.2 Å². The van der Waals surface area contributed by atoms with Gasteiger partial charge in [0.05, 0.1) is 5.92 Å². The van der Waals surface area contributed by atoms with E-state index in [0.717, 1.165) is 17.7 Å². The number of nitrogens with one attached hydrogen (secondary N) is 1. The van der Waals surface area contributed by atoms with Crippen LogP contribution in [0.5, 0.6) is 0 Å². The first-order valence-electron chi connectivity index (χ1n) is 8.30. The van der Waals surface area contributed by atoms with Crippen LogP contribution in [0.4, 0.5) is 5.69 Å². The molecule has 0 aromatic heterocycles. The summed E-state index contributed by atoms with van der Waals surface area (Å²) in [5.41, 5.74) is 1.96. The minimum Gasteiger partial charge on any atom is -0.481 e. The van der Waals surface area contributed by atoms with Gasteiger partial charge in [-0.1, -0.05) is 32.0 Å². The van der Waals surface area contributed by atoms with E-state index in [1.165, 1.54) is 0 Å². The van der Waals surface area contributed by atoms with Crippen molar-refractivity contribution >= 4 is 23.5 Å². The second-order valence-corrected chi connectivity index (χ2v) is 6.34. The molecule has 0 aliphatic carbocycles. The summed E-state index contributed by atoms with van der Waals surface area (Å²) in [6.07, 6.45) is 1.03. The molecule has 2 amide bonds. The van der Waals surface area contributed by atoms with Crippen molar-refractivity contribution in [2.45, 2.75) is 33.1 Å². The second-order valence-electron chi connectivity index (χ2n) is 6.34. The Kier molecular flexibility index (Phi) is 5.95. The van der Waals surface area contributed by atoms with Crippen LogP contribution >= 0.6 is 0 Å². The topological polar surface area (TPSA) is 86.7 Å². The van der Waals surface area contributed by atoms with Gasteiger partial charge in [-0.3, -0.25) is 14.4 Å². The highest BCUT2D eigenvalue weighted by molar-refractivity contribution is 6.00. The number of carboxylic acid groups (broad SMARTS) is 1. The predicted octanol–water partition coefficient (Wildman–Crippen LogP) is 1.83. The van der Waals surface area contributed by atoms with Gasteiger partial charge in [0.25, 0.3) is 0 Å². The van der Waals surface area contributed by atoms with Gasteiger partial charge in [-0.2, -0.15) is 0 Å². The van der Waals surface area contributed by atoms with Crippen LogP contribution in [0.15, 0.2) is 24.3 Å². The molecule has 1 aliphatic rings. The molecule has 0 spiro atoms. The first kappa shape index (κ1) is 18.0. The summed E-state index contributed by atoms with van der Waals surface area (Å²) in [6, 6.07) is 7.73. The van der Waals surface area contributed by atoms with Gasteiger partial charge in [0.1, 0.15) is 0 Å². The molecule has 0 radical (unpaired) electrons. The maximum absolute atomic E-state index is 12.3.